The van der Waals surface area contributed by atoms with Gasteiger partial charge in [0.2, 0.25) is 0 Å². The van der Waals surface area contributed by atoms with Gasteiger partial charge in [-0.25, -0.2) is 0 Å². The minimum atomic E-state index is 0.189. The van der Waals surface area contributed by atoms with Gasteiger partial charge >= 0.3 is 0 Å². The first-order valence-electron chi connectivity index (χ1n) is 7.51. The van der Waals surface area contributed by atoms with Crippen LogP contribution >= 0.6 is 0 Å². The average Bonchev–Trinajstić information content (AvgIpc) is 2.85. The Hall–Kier alpha value is -0.860. The largest absolute Gasteiger partial charge is 0.314 e. The third-order valence-electron chi connectivity index (χ3n) is 4.24. The molecule has 0 bridgehead atoms. The predicted molar refractivity (Wildman–Crippen MR) is 82.8 cm³/mol. The number of benzene rings is 1. The average molecular weight is 260 g/mol. The normalized spacial score (nSPS) is 19.9. The van der Waals surface area contributed by atoms with E-state index in [9.17, 15) is 0 Å². The van der Waals surface area contributed by atoms with Gasteiger partial charge in [0.15, 0.2) is 0 Å². The topological polar surface area (TPSA) is 24.1 Å². The number of nitrogens with one attached hydrogen (secondary N) is 2. The summed E-state index contributed by atoms with van der Waals surface area (Å²) in [6, 6.07) is 7.45. The Morgan fingerprint density at radius 1 is 1.32 bits per heavy atom. The molecule has 19 heavy (non-hydrogen) atoms. The molecule has 2 heteroatoms. The van der Waals surface area contributed by atoms with Gasteiger partial charge in [0.25, 0.3) is 0 Å². The summed E-state index contributed by atoms with van der Waals surface area (Å²) in [7, 11) is 0. The second-order valence-corrected chi connectivity index (χ2v) is 6.63. The van der Waals surface area contributed by atoms with Crippen LogP contribution in [0.4, 0.5) is 0 Å². The summed E-state index contributed by atoms with van der Waals surface area (Å²) in [5.74, 6) is 0. The van der Waals surface area contributed by atoms with E-state index >= 15 is 0 Å². The zero-order chi connectivity index (χ0) is 13.9. The molecule has 1 saturated heterocycles. The lowest BCUT2D eigenvalue weighted by molar-refractivity contribution is 0.440. The summed E-state index contributed by atoms with van der Waals surface area (Å²) in [6.45, 7) is 12.4. The van der Waals surface area contributed by atoms with Gasteiger partial charge in [0.1, 0.15) is 0 Å². The smallest absolute Gasteiger partial charge is 0.0192 e. The molecule has 2 nitrogen and oxygen atoms in total. The fourth-order valence-corrected chi connectivity index (χ4v) is 3.05. The van der Waals surface area contributed by atoms with E-state index in [4.69, 9.17) is 0 Å². The standard InChI is InChI=1S/C17H28N2/c1-13-7-8-14(2)16(10-13)17(3,4)12-18-11-15-6-5-9-19-15/h7-8,10,15,18-19H,5-6,9,11-12H2,1-4H3. The van der Waals surface area contributed by atoms with Gasteiger partial charge in [-0.05, 0) is 44.4 Å². The molecule has 1 unspecified atom stereocenters. The van der Waals surface area contributed by atoms with Gasteiger partial charge in [-0.3, -0.25) is 0 Å². The molecule has 0 saturated carbocycles. The molecule has 1 fully saturated rings. The van der Waals surface area contributed by atoms with Crippen molar-refractivity contribution in [2.45, 2.75) is 52.0 Å². The van der Waals surface area contributed by atoms with E-state index in [2.05, 4.69) is 56.5 Å². The van der Waals surface area contributed by atoms with Crippen LogP contribution in [0.5, 0.6) is 0 Å². The molecule has 0 aromatic heterocycles. The lowest BCUT2D eigenvalue weighted by atomic mass is 9.81. The predicted octanol–water partition coefficient (Wildman–Crippen LogP) is 2.92. The Balaban J connectivity index is 1.94. The minimum absolute atomic E-state index is 0.189. The molecule has 0 spiro atoms. The highest BCUT2D eigenvalue weighted by Crippen LogP contribution is 2.26. The van der Waals surface area contributed by atoms with Gasteiger partial charge in [0.05, 0.1) is 0 Å². The summed E-state index contributed by atoms with van der Waals surface area (Å²) >= 11 is 0. The van der Waals surface area contributed by atoms with Crippen molar-refractivity contribution in [3.8, 4) is 0 Å². The lowest BCUT2D eigenvalue weighted by Gasteiger charge is -2.28. The highest BCUT2D eigenvalue weighted by atomic mass is 15.0. The van der Waals surface area contributed by atoms with Crippen molar-refractivity contribution in [3.63, 3.8) is 0 Å². The summed E-state index contributed by atoms with van der Waals surface area (Å²) in [5, 5.41) is 7.19. The van der Waals surface area contributed by atoms with Gasteiger partial charge in [-0.2, -0.15) is 0 Å². The highest BCUT2D eigenvalue weighted by Gasteiger charge is 2.23. The molecular formula is C17H28N2. The first-order chi connectivity index (χ1) is 8.99. The summed E-state index contributed by atoms with van der Waals surface area (Å²) in [6.07, 6.45) is 2.64. The zero-order valence-corrected chi connectivity index (χ0v) is 12.8. The quantitative estimate of drug-likeness (QED) is 0.850. The third kappa shape index (κ3) is 3.80. The van der Waals surface area contributed by atoms with Crippen LogP contribution in [-0.4, -0.2) is 25.7 Å². The highest BCUT2D eigenvalue weighted by molar-refractivity contribution is 5.36. The van der Waals surface area contributed by atoms with E-state index in [1.54, 1.807) is 0 Å². The van der Waals surface area contributed by atoms with Crippen molar-refractivity contribution in [1.29, 1.82) is 0 Å². The molecule has 1 atom stereocenters. The van der Waals surface area contributed by atoms with Crippen molar-refractivity contribution in [2.24, 2.45) is 0 Å². The Morgan fingerprint density at radius 3 is 2.79 bits per heavy atom. The van der Waals surface area contributed by atoms with Crippen LogP contribution in [0.2, 0.25) is 0 Å². The molecule has 2 N–H and O–H groups in total. The van der Waals surface area contributed by atoms with Crippen LogP contribution in [0.1, 0.15) is 43.4 Å². The fraction of sp³-hybridized carbons (Fsp3) is 0.647. The van der Waals surface area contributed by atoms with Gasteiger partial charge in [0, 0.05) is 24.5 Å². The molecular weight excluding hydrogens is 232 g/mol. The SMILES string of the molecule is Cc1ccc(C)c(C(C)(C)CNCC2CCCN2)c1. The molecule has 1 heterocycles. The van der Waals surface area contributed by atoms with E-state index in [1.165, 1.54) is 36.1 Å². The first kappa shape index (κ1) is 14.5. The van der Waals surface area contributed by atoms with Crippen LogP contribution in [0, 0.1) is 13.8 Å². The molecule has 1 aromatic rings. The summed E-state index contributed by atoms with van der Waals surface area (Å²) in [4.78, 5) is 0. The monoisotopic (exact) mass is 260 g/mol. The van der Waals surface area contributed by atoms with Crippen molar-refractivity contribution < 1.29 is 0 Å². The van der Waals surface area contributed by atoms with E-state index in [-0.39, 0.29) is 5.41 Å². The van der Waals surface area contributed by atoms with Gasteiger partial charge in [-0.15, -0.1) is 0 Å². The van der Waals surface area contributed by atoms with E-state index in [0.29, 0.717) is 6.04 Å². The van der Waals surface area contributed by atoms with Crippen molar-refractivity contribution in [1.82, 2.24) is 10.6 Å². The molecule has 0 amide bonds. The second-order valence-electron chi connectivity index (χ2n) is 6.63. The Morgan fingerprint density at radius 2 is 2.11 bits per heavy atom. The molecule has 1 aliphatic heterocycles. The lowest BCUT2D eigenvalue weighted by Crippen LogP contribution is -2.40. The molecule has 1 aromatic carbocycles. The van der Waals surface area contributed by atoms with E-state index in [0.717, 1.165) is 13.1 Å². The van der Waals surface area contributed by atoms with E-state index in [1.807, 2.05) is 0 Å². The summed E-state index contributed by atoms with van der Waals surface area (Å²) < 4.78 is 0. The molecule has 2 rings (SSSR count). The Kier molecular flexibility index (Phi) is 4.64. The summed E-state index contributed by atoms with van der Waals surface area (Å²) in [5.41, 5.74) is 4.41. The van der Waals surface area contributed by atoms with Crippen molar-refractivity contribution in [3.05, 3.63) is 34.9 Å². The maximum absolute atomic E-state index is 3.65. The first-order valence-corrected chi connectivity index (χ1v) is 7.51. The molecule has 1 aliphatic rings. The zero-order valence-electron chi connectivity index (χ0n) is 12.8. The van der Waals surface area contributed by atoms with Crippen LogP contribution in [0.3, 0.4) is 0 Å². The maximum Gasteiger partial charge on any atom is 0.0192 e. The van der Waals surface area contributed by atoms with Crippen LogP contribution in [0.25, 0.3) is 0 Å². The number of hydrogen-bond acceptors (Lipinski definition) is 2. The van der Waals surface area contributed by atoms with Crippen LogP contribution in [-0.2, 0) is 5.41 Å². The Bertz CT molecular complexity index is 417. The molecule has 106 valence electrons. The Labute approximate surface area is 118 Å². The minimum Gasteiger partial charge on any atom is -0.314 e. The van der Waals surface area contributed by atoms with Crippen LogP contribution in [0.15, 0.2) is 18.2 Å². The van der Waals surface area contributed by atoms with E-state index < -0.39 is 0 Å². The van der Waals surface area contributed by atoms with Gasteiger partial charge in [-0.1, -0.05) is 37.6 Å². The number of rotatable bonds is 5. The number of aryl methyl sites for hydroxylation is 2. The second kappa shape index (κ2) is 6.06. The maximum atomic E-state index is 3.65. The molecule has 0 aliphatic carbocycles. The van der Waals surface area contributed by atoms with Crippen molar-refractivity contribution >= 4 is 0 Å². The van der Waals surface area contributed by atoms with Crippen LogP contribution < -0.4 is 10.6 Å². The van der Waals surface area contributed by atoms with Gasteiger partial charge < -0.3 is 10.6 Å². The molecule has 0 radical (unpaired) electrons. The third-order valence-corrected chi connectivity index (χ3v) is 4.24. The fourth-order valence-electron chi connectivity index (χ4n) is 3.05. The van der Waals surface area contributed by atoms with Crippen molar-refractivity contribution in [2.75, 3.05) is 19.6 Å². The number of hydrogen-bond donors (Lipinski definition) is 2.